The van der Waals surface area contributed by atoms with Crippen molar-refractivity contribution in [2.24, 2.45) is 0 Å². The maximum Gasteiger partial charge on any atom is 0.342 e. The molecule has 168 valence electrons. The Kier molecular flexibility index (Phi) is 7.56. The standard InChI is InChI=1S/C24H26ClNO4SSi/c1-24(2,15-14-20(27)26-22-21(23(28)30-3)19(25)16-31-22)32(29,17-10-6-4-7-11-17)18-12-8-5-9-13-18/h4-13,16,29H,14-15H2,1-3H3,(H,26,27). The lowest BCUT2D eigenvalue weighted by Gasteiger charge is -2.41. The van der Waals surface area contributed by atoms with E-state index in [-0.39, 0.29) is 22.9 Å². The van der Waals surface area contributed by atoms with E-state index in [0.717, 1.165) is 10.4 Å². The Morgan fingerprint density at radius 1 is 1.06 bits per heavy atom. The summed E-state index contributed by atoms with van der Waals surface area (Å²) in [6.07, 6.45) is 0.635. The number of carbonyl (C=O) groups excluding carboxylic acids is 2. The molecule has 32 heavy (non-hydrogen) atoms. The van der Waals surface area contributed by atoms with E-state index in [1.54, 1.807) is 5.38 Å². The van der Waals surface area contributed by atoms with Crippen molar-refractivity contribution in [2.75, 3.05) is 12.4 Å². The van der Waals surface area contributed by atoms with Crippen LogP contribution in [-0.2, 0) is 9.53 Å². The number of anilines is 1. The molecule has 8 heteroatoms. The summed E-state index contributed by atoms with van der Waals surface area (Å²) in [4.78, 5) is 36.9. The van der Waals surface area contributed by atoms with Gasteiger partial charge >= 0.3 is 5.97 Å². The fraction of sp³-hybridized carbons (Fsp3) is 0.250. The van der Waals surface area contributed by atoms with Crippen LogP contribution in [0.4, 0.5) is 5.00 Å². The third-order valence-electron chi connectivity index (χ3n) is 5.73. The minimum atomic E-state index is -3.19. The van der Waals surface area contributed by atoms with Crippen LogP contribution in [0.3, 0.4) is 0 Å². The number of carbonyl (C=O) groups is 2. The van der Waals surface area contributed by atoms with Crippen molar-refractivity contribution >= 4 is 58.5 Å². The van der Waals surface area contributed by atoms with Gasteiger partial charge in [-0.3, -0.25) is 4.79 Å². The smallest absolute Gasteiger partial charge is 0.342 e. The summed E-state index contributed by atoms with van der Waals surface area (Å²) < 4.78 is 4.76. The highest BCUT2D eigenvalue weighted by Gasteiger charge is 2.49. The van der Waals surface area contributed by atoms with Gasteiger partial charge in [0.25, 0.3) is 8.32 Å². The number of esters is 1. The highest BCUT2D eigenvalue weighted by Crippen LogP contribution is 2.40. The molecule has 0 aliphatic rings. The van der Waals surface area contributed by atoms with Gasteiger partial charge < -0.3 is 14.8 Å². The van der Waals surface area contributed by atoms with Gasteiger partial charge in [-0.15, -0.1) is 11.3 Å². The van der Waals surface area contributed by atoms with Crippen LogP contribution in [0.1, 0.15) is 37.0 Å². The summed E-state index contributed by atoms with van der Waals surface area (Å²) in [5.41, 5.74) is 0.159. The van der Waals surface area contributed by atoms with Crippen molar-refractivity contribution in [3.63, 3.8) is 0 Å². The van der Waals surface area contributed by atoms with Crippen molar-refractivity contribution in [3.05, 3.63) is 76.6 Å². The van der Waals surface area contributed by atoms with E-state index in [1.165, 1.54) is 18.4 Å². The summed E-state index contributed by atoms with van der Waals surface area (Å²) >= 11 is 7.25. The molecule has 1 amide bonds. The van der Waals surface area contributed by atoms with Crippen LogP contribution in [0.15, 0.2) is 66.0 Å². The first-order valence-electron chi connectivity index (χ1n) is 10.2. The van der Waals surface area contributed by atoms with Gasteiger partial charge in [-0.25, -0.2) is 4.79 Å². The number of thiophene rings is 1. The van der Waals surface area contributed by atoms with Crippen molar-refractivity contribution in [1.29, 1.82) is 0 Å². The minimum absolute atomic E-state index is 0.159. The van der Waals surface area contributed by atoms with Crippen LogP contribution < -0.4 is 15.7 Å². The van der Waals surface area contributed by atoms with E-state index in [2.05, 4.69) is 5.32 Å². The van der Waals surface area contributed by atoms with Gasteiger partial charge in [0, 0.05) is 11.8 Å². The molecular weight excluding hydrogens is 462 g/mol. The molecule has 0 atom stereocenters. The molecule has 0 fully saturated rings. The lowest BCUT2D eigenvalue weighted by Crippen LogP contribution is -2.65. The fourth-order valence-corrected chi connectivity index (χ4v) is 8.74. The van der Waals surface area contributed by atoms with Crippen LogP contribution in [-0.4, -0.2) is 32.1 Å². The van der Waals surface area contributed by atoms with E-state index in [1.807, 2.05) is 74.5 Å². The topological polar surface area (TPSA) is 75.6 Å². The quantitative estimate of drug-likeness (QED) is 0.364. The van der Waals surface area contributed by atoms with Crippen molar-refractivity contribution in [3.8, 4) is 0 Å². The number of nitrogens with one attached hydrogen (secondary N) is 1. The Labute approximate surface area is 198 Å². The van der Waals surface area contributed by atoms with Crippen molar-refractivity contribution < 1.29 is 19.1 Å². The van der Waals surface area contributed by atoms with Gasteiger partial charge in [0.1, 0.15) is 10.6 Å². The van der Waals surface area contributed by atoms with Gasteiger partial charge in [-0.2, -0.15) is 0 Å². The van der Waals surface area contributed by atoms with Crippen molar-refractivity contribution in [2.45, 2.75) is 31.7 Å². The van der Waals surface area contributed by atoms with Gasteiger partial charge in [0.2, 0.25) is 5.91 Å². The SMILES string of the molecule is COC(=O)c1c(Cl)csc1NC(=O)CCC(C)(C)[Si](O)(c1ccccc1)c1ccccc1. The number of amides is 1. The first-order chi connectivity index (χ1) is 15.2. The van der Waals surface area contributed by atoms with E-state index in [9.17, 15) is 14.4 Å². The highest BCUT2D eigenvalue weighted by molar-refractivity contribution is 7.15. The first-order valence-corrected chi connectivity index (χ1v) is 13.4. The number of hydrogen-bond acceptors (Lipinski definition) is 5. The van der Waals surface area contributed by atoms with Crippen LogP contribution >= 0.6 is 22.9 Å². The molecule has 3 aromatic rings. The lowest BCUT2D eigenvalue weighted by molar-refractivity contribution is -0.116. The molecule has 3 rings (SSSR count). The van der Waals surface area contributed by atoms with Gasteiger partial charge in [0.15, 0.2) is 0 Å². The molecule has 1 aromatic heterocycles. The fourth-order valence-electron chi connectivity index (χ4n) is 3.82. The summed E-state index contributed by atoms with van der Waals surface area (Å²) in [6.45, 7) is 4.02. The molecule has 2 aromatic carbocycles. The number of ether oxygens (including phenoxy) is 1. The summed E-state index contributed by atoms with van der Waals surface area (Å²) in [5, 5.41) is 6.22. The normalized spacial score (nSPS) is 11.8. The Morgan fingerprint density at radius 2 is 1.59 bits per heavy atom. The summed E-state index contributed by atoms with van der Waals surface area (Å²) in [7, 11) is -1.92. The zero-order chi connectivity index (χ0) is 23.4. The maximum absolute atomic E-state index is 12.8. The third kappa shape index (κ3) is 4.81. The molecule has 5 nitrogen and oxygen atoms in total. The van der Waals surface area contributed by atoms with Crippen LogP contribution in [0.25, 0.3) is 0 Å². The Balaban J connectivity index is 1.83. The monoisotopic (exact) mass is 487 g/mol. The minimum Gasteiger partial charge on any atom is -0.465 e. The molecule has 0 spiro atoms. The number of halogens is 1. The largest absolute Gasteiger partial charge is 0.465 e. The second kappa shape index (κ2) is 10.00. The molecule has 0 aliphatic carbocycles. The summed E-state index contributed by atoms with van der Waals surface area (Å²) in [6, 6.07) is 19.4. The predicted octanol–water partition coefficient (Wildman–Crippen LogP) is 4.44. The van der Waals surface area contributed by atoms with Crippen LogP contribution in [0.2, 0.25) is 10.1 Å². The zero-order valence-corrected chi connectivity index (χ0v) is 20.8. The lowest BCUT2D eigenvalue weighted by atomic mass is 10.1. The molecule has 1 heterocycles. The molecule has 0 radical (unpaired) electrons. The van der Waals surface area contributed by atoms with Gasteiger partial charge in [-0.05, 0) is 21.8 Å². The van der Waals surface area contributed by atoms with Crippen LogP contribution in [0.5, 0.6) is 0 Å². The number of benzene rings is 2. The zero-order valence-electron chi connectivity index (χ0n) is 18.2. The van der Waals surface area contributed by atoms with Gasteiger partial charge in [-0.1, -0.05) is 86.1 Å². The van der Waals surface area contributed by atoms with Gasteiger partial charge in [0.05, 0.1) is 12.1 Å². The molecule has 0 bridgehead atoms. The second-order valence-electron chi connectivity index (χ2n) is 8.15. The number of hydrogen-bond donors (Lipinski definition) is 2. The molecule has 0 saturated heterocycles. The van der Waals surface area contributed by atoms with Crippen molar-refractivity contribution in [1.82, 2.24) is 0 Å². The Hall–Kier alpha value is -2.45. The van der Waals surface area contributed by atoms with E-state index >= 15 is 0 Å². The summed E-state index contributed by atoms with van der Waals surface area (Å²) in [5.74, 6) is -0.846. The average molecular weight is 488 g/mol. The van der Waals surface area contributed by atoms with E-state index in [4.69, 9.17) is 16.3 Å². The average Bonchev–Trinajstić information content (AvgIpc) is 3.17. The second-order valence-corrected chi connectivity index (χ2v) is 13.4. The Bertz CT molecular complexity index is 1050. The molecule has 2 N–H and O–H groups in total. The van der Waals surface area contributed by atoms with E-state index < -0.39 is 19.3 Å². The Morgan fingerprint density at radius 3 is 2.09 bits per heavy atom. The number of rotatable bonds is 8. The maximum atomic E-state index is 12.8. The van der Waals surface area contributed by atoms with E-state index in [0.29, 0.717) is 11.4 Å². The third-order valence-corrected chi connectivity index (χ3v) is 11.6. The molecule has 0 saturated carbocycles. The number of methoxy groups -OCH3 is 1. The predicted molar refractivity (Wildman–Crippen MR) is 133 cm³/mol. The molecule has 0 unspecified atom stereocenters. The first kappa shape index (κ1) is 24.2. The molecular formula is C24H26ClNO4SSi. The van der Waals surface area contributed by atoms with Crippen LogP contribution in [0, 0.1) is 0 Å². The highest BCUT2D eigenvalue weighted by atomic mass is 35.5. The molecule has 0 aliphatic heterocycles.